The second-order valence-electron chi connectivity index (χ2n) is 4.73. The second kappa shape index (κ2) is 6.57. The van der Waals surface area contributed by atoms with E-state index in [1.165, 1.54) is 0 Å². The first kappa shape index (κ1) is 14.6. The molecule has 0 bridgehead atoms. The third-order valence-electron chi connectivity index (χ3n) is 3.05. The molecule has 0 saturated carbocycles. The van der Waals surface area contributed by atoms with Crippen molar-refractivity contribution >= 4 is 27.5 Å². The standard InChI is InChI=1S/C16H17BrN2O/c1-11-2-7-14(15(17)10-11)16(20)19-9-8-12-3-5-13(18)6-4-12/h2-7,10H,8-9,18H2,1H3,(H,19,20). The molecule has 4 heteroatoms. The van der Waals surface area contributed by atoms with Crippen molar-refractivity contribution < 1.29 is 4.79 Å². The molecule has 0 aliphatic carbocycles. The molecule has 1 amide bonds. The molecular weight excluding hydrogens is 316 g/mol. The first-order valence-electron chi connectivity index (χ1n) is 6.45. The van der Waals surface area contributed by atoms with Crippen molar-refractivity contribution in [1.82, 2.24) is 5.32 Å². The van der Waals surface area contributed by atoms with Crippen LogP contribution in [0.1, 0.15) is 21.5 Å². The van der Waals surface area contributed by atoms with Crippen LogP contribution in [-0.2, 0) is 6.42 Å². The highest BCUT2D eigenvalue weighted by atomic mass is 79.9. The zero-order valence-corrected chi connectivity index (χ0v) is 12.9. The van der Waals surface area contributed by atoms with Crippen molar-refractivity contribution in [2.75, 3.05) is 12.3 Å². The molecule has 104 valence electrons. The van der Waals surface area contributed by atoms with Gasteiger partial charge in [-0.25, -0.2) is 0 Å². The Labute approximate surface area is 127 Å². The maximum atomic E-state index is 12.1. The molecule has 0 atom stereocenters. The first-order chi connectivity index (χ1) is 9.56. The number of anilines is 1. The summed E-state index contributed by atoms with van der Waals surface area (Å²) >= 11 is 3.42. The van der Waals surface area contributed by atoms with Gasteiger partial charge in [0.1, 0.15) is 0 Å². The quantitative estimate of drug-likeness (QED) is 0.844. The Kier molecular flexibility index (Phi) is 4.79. The normalized spacial score (nSPS) is 10.3. The number of nitrogen functional groups attached to an aromatic ring is 1. The highest BCUT2D eigenvalue weighted by molar-refractivity contribution is 9.10. The summed E-state index contributed by atoms with van der Waals surface area (Å²) in [6.07, 6.45) is 0.787. The predicted octanol–water partition coefficient (Wildman–Crippen LogP) is 3.31. The third-order valence-corrected chi connectivity index (χ3v) is 3.70. The van der Waals surface area contributed by atoms with Crippen molar-refractivity contribution in [3.8, 4) is 0 Å². The first-order valence-corrected chi connectivity index (χ1v) is 7.24. The summed E-state index contributed by atoms with van der Waals surface area (Å²) in [5.74, 6) is -0.0627. The number of aryl methyl sites for hydroxylation is 1. The van der Waals surface area contributed by atoms with Crippen molar-refractivity contribution in [2.45, 2.75) is 13.3 Å². The molecule has 0 fully saturated rings. The van der Waals surface area contributed by atoms with Crippen molar-refractivity contribution in [1.29, 1.82) is 0 Å². The van der Waals surface area contributed by atoms with Gasteiger partial charge in [0.15, 0.2) is 0 Å². The summed E-state index contributed by atoms with van der Waals surface area (Å²) in [7, 11) is 0. The summed E-state index contributed by atoms with van der Waals surface area (Å²) in [6.45, 7) is 2.59. The SMILES string of the molecule is Cc1ccc(C(=O)NCCc2ccc(N)cc2)c(Br)c1. The number of amides is 1. The number of benzene rings is 2. The fraction of sp³-hybridized carbons (Fsp3) is 0.188. The predicted molar refractivity (Wildman–Crippen MR) is 85.8 cm³/mol. The lowest BCUT2D eigenvalue weighted by molar-refractivity contribution is 0.0953. The van der Waals surface area contributed by atoms with Crippen LogP contribution in [0.3, 0.4) is 0 Å². The molecule has 0 spiro atoms. The molecule has 2 rings (SSSR count). The number of halogens is 1. The van der Waals surface area contributed by atoms with Crippen molar-refractivity contribution in [3.05, 3.63) is 63.6 Å². The molecule has 3 nitrogen and oxygen atoms in total. The number of hydrogen-bond acceptors (Lipinski definition) is 2. The number of rotatable bonds is 4. The van der Waals surface area contributed by atoms with Gasteiger partial charge in [0, 0.05) is 16.7 Å². The van der Waals surface area contributed by atoms with Crippen LogP contribution in [0.5, 0.6) is 0 Å². The monoisotopic (exact) mass is 332 g/mol. The maximum Gasteiger partial charge on any atom is 0.252 e. The summed E-state index contributed by atoms with van der Waals surface area (Å²) < 4.78 is 0.822. The Morgan fingerprint density at radius 3 is 2.55 bits per heavy atom. The van der Waals surface area contributed by atoms with Crippen LogP contribution in [0, 0.1) is 6.92 Å². The lowest BCUT2D eigenvalue weighted by atomic mass is 10.1. The number of carbonyl (C=O) groups is 1. The van der Waals surface area contributed by atoms with Crippen LogP contribution < -0.4 is 11.1 Å². The van der Waals surface area contributed by atoms with Crippen LogP contribution in [-0.4, -0.2) is 12.5 Å². The van der Waals surface area contributed by atoms with Gasteiger partial charge in [0.25, 0.3) is 5.91 Å². The van der Waals surface area contributed by atoms with Crippen LogP contribution in [0.4, 0.5) is 5.69 Å². The number of carbonyl (C=O) groups excluding carboxylic acids is 1. The van der Waals surface area contributed by atoms with Gasteiger partial charge in [-0.1, -0.05) is 18.2 Å². The highest BCUT2D eigenvalue weighted by Crippen LogP contribution is 2.18. The summed E-state index contributed by atoms with van der Waals surface area (Å²) in [5, 5.41) is 2.92. The Balaban J connectivity index is 1.90. The Hall–Kier alpha value is -1.81. The average Bonchev–Trinajstić information content (AvgIpc) is 2.41. The Bertz CT molecular complexity index is 608. The topological polar surface area (TPSA) is 55.1 Å². The minimum atomic E-state index is -0.0627. The minimum Gasteiger partial charge on any atom is -0.399 e. The van der Waals surface area contributed by atoms with E-state index in [2.05, 4.69) is 21.2 Å². The van der Waals surface area contributed by atoms with Crippen LogP contribution >= 0.6 is 15.9 Å². The molecular formula is C16H17BrN2O. The van der Waals surface area contributed by atoms with Gasteiger partial charge < -0.3 is 11.1 Å². The van der Waals surface area contributed by atoms with Gasteiger partial charge in [0.2, 0.25) is 0 Å². The van der Waals surface area contributed by atoms with Gasteiger partial charge in [-0.05, 0) is 64.7 Å². The number of hydrogen-bond donors (Lipinski definition) is 2. The molecule has 3 N–H and O–H groups in total. The van der Waals surface area contributed by atoms with Crippen LogP contribution in [0.2, 0.25) is 0 Å². The van der Waals surface area contributed by atoms with Gasteiger partial charge in [-0.15, -0.1) is 0 Å². The number of nitrogens with two attached hydrogens (primary N) is 1. The highest BCUT2D eigenvalue weighted by Gasteiger charge is 2.09. The molecule has 0 radical (unpaired) electrons. The van der Waals surface area contributed by atoms with E-state index >= 15 is 0 Å². The molecule has 0 aliphatic rings. The lowest BCUT2D eigenvalue weighted by Gasteiger charge is -2.08. The Morgan fingerprint density at radius 2 is 1.90 bits per heavy atom. The fourth-order valence-corrected chi connectivity index (χ4v) is 2.58. The summed E-state index contributed by atoms with van der Waals surface area (Å²) in [5.41, 5.74) is 9.32. The van der Waals surface area contributed by atoms with E-state index in [4.69, 9.17) is 5.73 Å². The summed E-state index contributed by atoms with van der Waals surface area (Å²) in [4.78, 5) is 12.1. The van der Waals surface area contributed by atoms with E-state index < -0.39 is 0 Å². The number of nitrogens with one attached hydrogen (secondary N) is 1. The van der Waals surface area contributed by atoms with E-state index in [9.17, 15) is 4.79 Å². The van der Waals surface area contributed by atoms with Gasteiger partial charge in [-0.3, -0.25) is 4.79 Å². The van der Waals surface area contributed by atoms with Crippen LogP contribution in [0.25, 0.3) is 0 Å². The Morgan fingerprint density at radius 1 is 1.20 bits per heavy atom. The minimum absolute atomic E-state index is 0.0627. The molecule has 0 saturated heterocycles. The average molecular weight is 333 g/mol. The molecule has 2 aromatic rings. The summed E-state index contributed by atoms with van der Waals surface area (Å²) in [6, 6.07) is 13.4. The molecule has 0 aliphatic heterocycles. The van der Waals surface area contributed by atoms with Crippen molar-refractivity contribution in [2.24, 2.45) is 0 Å². The molecule has 0 aromatic heterocycles. The van der Waals surface area contributed by atoms with E-state index in [1.807, 2.05) is 49.4 Å². The molecule has 20 heavy (non-hydrogen) atoms. The smallest absolute Gasteiger partial charge is 0.252 e. The van der Waals surface area contributed by atoms with Crippen LogP contribution in [0.15, 0.2) is 46.9 Å². The fourth-order valence-electron chi connectivity index (χ4n) is 1.90. The lowest BCUT2D eigenvalue weighted by Crippen LogP contribution is -2.26. The van der Waals surface area contributed by atoms with E-state index in [0.717, 1.165) is 27.7 Å². The van der Waals surface area contributed by atoms with Gasteiger partial charge >= 0.3 is 0 Å². The maximum absolute atomic E-state index is 12.1. The zero-order chi connectivity index (χ0) is 14.5. The molecule has 2 aromatic carbocycles. The second-order valence-corrected chi connectivity index (χ2v) is 5.59. The third kappa shape index (κ3) is 3.84. The zero-order valence-electron chi connectivity index (χ0n) is 11.3. The van der Waals surface area contributed by atoms with Gasteiger partial charge in [0.05, 0.1) is 5.56 Å². The van der Waals surface area contributed by atoms with Crippen molar-refractivity contribution in [3.63, 3.8) is 0 Å². The van der Waals surface area contributed by atoms with E-state index in [0.29, 0.717) is 12.1 Å². The largest absolute Gasteiger partial charge is 0.399 e. The molecule has 0 unspecified atom stereocenters. The van der Waals surface area contributed by atoms with Gasteiger partial charge in [-0.2, -0.15) is 0 Å². The molecule has 0 heterocycles. The van der Waals surface area contributed by atoms with E-state index in [-0.39, 0.29) is 5.91 Å². The van der Waals surface area contributed by atoms with E-state index in [1.54, 1.807) is 0 Å².